The number of nitrogens with zero attached hydrogens (tertiary/aromatic N) is 2. The molecule has 0 bridgehead atoms. The molecule has 1 aromatic carbocycles. The van der Waals surface area contributed by atoms with Crippen molar-refractivity contribution in [3.05, 3.63) is 35.4 Å². The number of rotatable bonds is 7. The van der Waals surface area contributed by atoms with Gasteiger partial charge in [0.15, 0.2) is 5.96 Å². The molecular formula is C18H28F3IN4O. The second-order valence-corrected chi connectivity index (χ2v) is 6.33. The third-order valence-corrected chi connectivity index (χ3v) is 4.52. The van der Waals surface area contributed by atoms with Gasteiger partial charge >= 0.3 is 6.18 Å². The zero-order chi connectivity index (χ0) is 19.0. The van der Waals surface area contributed by atoms with Crippen molar-refractivity contribution in [2.45, 2.75) is 31.6 Å². The van der Waals surface area contributed by atoms with Gasteiger partial charge in [0.1, 0.15) is 0 Å². The molecule has 2 N–H and O–H groups in total. The van der Waals surface area contributed by atoms with Gasteiger partial charge in [-0.05, 0) is 37.1 Å². The van der Waals surface area contributed by atoms with Crippen molar-refractivity contribution in [3.63, 3.8) is 0 Å². The number of ether oxygens (including phenoxy) is 1. The van der Waals surface area contributed by atoms with Crippen LogP contribution in [0, 0.1) is 0 Å². The second kappa shape index (κ2) is 11.7. The summed E-state index contributed by atoms with van der Waals surface area (Å²) in [5, 5.41) is 6.34. The molecule has 1 aliphatic rings. The van der Waals surface area contributed by atoms with E-state index in [1.165, 1.54) is 6.07 Å². The number of hydrogen-bond acceptors (Lipinski definition) is 3. The van der Waals surface area contributed by atoms with E-state index < -0.39 is 11.7 Å². The van der Waals surface area contributed by atoms with E-state index in [1.54, 1.807) is 20.2 Å². The van der Waals surface area contributed by atoms with Gasteiger partial charge in [0.2, 0.25) is 0 Å². The molecule has 1 saturated heterocycles. The van der Waals surface area contributed by atoms with Gasteiger partial charge in [-0.15, -0.1) is 24.0 Å². The lowest BCUT2D eigenvalue weighted by atomic mass is 10.1. The van der Waals surface area contributed by atoms with Gasteiger partial charge in [0, 0.05) is 39.8 Å². The molecule has 1 heterocycles. The van der Waals surface area contributed by atoms with E-state index >= 15 is 0 Å². The fourth-order valence-corrected chi connectivity index (χ4v) is 3.11. The first-order valence-electron chi connectivity index (χ1n) is 8.77. The molecule has 0 saturated carbocycles. The molecule has 2 rings (SSSR count). The van der Waals surface area contributed by atoms with Gasteiger partial charge in [-0.25, -0.2) is 0 Å². The molecule has 1 aliphatic heterocycles. The van der Waals surface area contributed by atoms with Crippen molar-refractivity contribution in [3.8, 4) is 0 Å². The molecule has 9 heteroatoms. The summed E-state index contributed by atoms with van der Waals surface area (Å²) >= 11 is 0. The molecule has 1 atom stereocenters. The Hall–Kier alpha value is -1.07. The Labute approximate surface area is 175 Å². The Bertz CT molecular complexity index is 598. The zero-order valence-corrected chi connectivity index (χ0v) is 18.0. The highest BCUT2D eigenvalue weighted by Gasteiger charge is 2.30. The van der Waals surface area contributed by atoms with Gasteiger partial charge in [-0.1, -0.05) is 12.1 Å². The van der Waals surface area contributed by atoms with Crippen LogP contribution in [-0.2, 0) is 17.5 Å². The first kappa shape index (κ1) is 24.0. The predicted molar refractivity (Wildman–Crippen MR) is 112 cm³/mol. The summed E-state index contributed by atoms with van der Waals surface area (Å²) in [6.45, 7) is 3.69. The van der Waals surface area contributed by atoms with Crippen LogP contribution in [0.2, 0.25) is 0 Å². The molecule has 154 valence electrons. The number of alkyl halides is 3. The van der Waals surface area contributed by atoms with E-state index in [2.05, 4.69) is 20.5 Å². The maximum atomic E-state index is 12.8. The Kier molecular flexibility index (Phi) is 10.4. The van der Waals surface area contributed by atoms with Crippen LogP contribution in [0.3, 0.4) is 0 Å². The van der Waals surface area contributed by atoms with Crippen LogP contribution >= 0.6 is 24.0 Å². The minimum Gasteiger partial charge on any atom is -0.383 e. The summed E-state index contributed by atoms with van der Waals surface area (Å²) < 4.78 is 43.5. The average Bonchev–Trinajstić information content (AvgIpc) is 3.07. The van der Waals surface area contributed by atoms with Crippen LogP contribution in [0.5, 0.6) is 0 Å². The number of aliphatic imine (C=N–C) groups is 1. The summed E-state index contributed by atoms with van der Waals surface area (Å²) in [4.78, 5) is 6.54. The Balaban J connectivity index is 0.00000364. The Morgan fingerprint density at radius 1 is 1.33 bits per heavy atom. The monoisotopic (exact) mass is 500 g/mol. The molecule has 0 aliphatic carbocycles. The first-order chi connectivity index (χ1) is 12.4. The number of nitrogens with one attached hydrogen (secondary N) is 2. The van der Waals surface area contributed by atoms with E-state index in [-0.39, 0.29) is 30.5 Å². The fourth-order valence-electron chi connectivity index (χ4n) is 3.11. The van der Waals surface area contributed by atoms with Crippen LogP contribution in [-0.4, -0.2) is 57.3 Å². The number of hydrogen-bond donors (Lipinski definition) is 2. The minimum atomic E-state index is -4.33. The predicted octanol–water partition coefficient (Wildman–Crippen LogP) is 3.10. The Morgan fingerprint density at radius 3 is 2.78 bits per heavy atom. The summed E-state index contributed by atoms with van der Waals surface area (Å²) in [6.07, 6.45) is -2.06. The molecule has 0 amide bonds. The standard InChI is InChI=1S/C18H27F3N4O.HI/c1-22-17(24-13-16-7-4-8-25(16)9-10-26-2)23-12-14-5-3-6-15(11-14)18(19,20)21;/h3,5-6,11,16H,4,7-10,12-13H2,1-2H3,(H2,22,23,24);1H. The normalized spacial score (nSPS) is 18.3. The molecule has 0 spiro atoms. The van der Waals surface area contributed by atoms with Crippen LogP contribution in [0.25, 0.3) is 0 Å². The van der Waals surface area contributed by atoms with E-state index in [4.69, 9.17) is 4.74 Å². The van der Waals surface area contributed by atoms with Crippen molar-refractivity contribution in [2.75, 3.05) is 40.4 Å². The van der Waals surface area contributed by atoms with E-state index in [9.17, 15) is 13.2 Å². The molecule has 27 heavy (non-hydrogen) atoms. The van der Waals surface area contributed by atoms with E-state index in [1.807, 2.05) is 0 Å². The molecule has 5 nitrogen and oxygen atoms in total. The summed E-state index contributed by atoms with van der Waals surface area (Å²) in [7, 11) is 3.35. The third kappa shape index (κ3) is 7.82. The molecule has 1 unspecified atom stereocenters. The highest BCUT2D eigenvalue weighted by Crippen LogP contribution is 2.29. The van der Waals surface area contributed by atoms with Gasteiger partial charge in [-0.2, -0.15) is 13.2 Å². The number of guanidine groups is 1. The Morgan fingerprint density at radius 2 is 2.11 bits per heavy atom. The summed E-state index contributed by atoms with van der Waals surface area (Å²) in [5.74, 6) is 0.584. The van der Waals surface area contributed by atoms with Crippen molar-refractivity contribution in [1.82, 2.24) is 15.5 Å². The molecule has 1 fully saturated rings. The lowest BCUT2D eigenvalue weighted by Gasteiger charge is -2.25. The van der Waals surface area contributed by atoms with Crippen LogP contribution in [0.15, 0.2) is 29.3 Å². The first-order valence-corrected chi connectivity index (χ1v) is 8.77. The smallest absolute Gasteiger partial charge is 0.383 e. The average molecular weight is 500 g/mol. The van der Waals surface area contributed by atoms with Gasteiger partial charge < -0.3 is 15.4 Å². The number of halogens is 4. The second-order valence-electron chi connectivity index (χ2n) is 6.33. The SMILES string of the molecule is CN=C(NCc1cccc(C(F)(F)F)c1)NCC1CCCN1CCOC.I. The van der Waals surface area contributed by atoms with Crippen LogP contribution in [0.4, 0.5) is 13.2 Å². The quantitative estimate of drug-likeness (QED) is 0.344. The number of likely N-dealkylation sites (tertiary alicyclic amines) is 1. The van der Waals surface area contributed by atoms with Crippen molar-refractivity contribution in [1.29, 1.82) is 0 Å². The van der Waals surface area contributed by atoms with Crippen molar-refractivity contribution < 1.29 is 17.9 Å². The van der Waals surface area contributed by atoms with E-state index in [0.29, 0.717) is 24.2 Å². The lowest BCUT2D eigenvalue weighted by molar-refractivity contribution is -0.137. The van der Waals surface area contributed by atoms with Crippen molar-refractivity contribution in [2.24, 2.45) is 4.99 Å². The molecular weight excluding hydrogens is 472 g/mol. The number of benzene rings is 1. The lowest BCUT2D eigenvalue weighted by Crippen LogP contribution is -2.45. The van der Waals surface area contributed by atoms with Crippen molar-refractivity contribution >= 4 is 29.9 Å². The molecule has 1 aromatic rings. The third-order valence-electron chi connectivity index (χ3n) is 4.52. The minimum absolute atomic E-state index is 0. The highest BCUT2D eigenvalue weighted by atomic mass is 127. The topological polar surface area (TPSA) is 48.9 Å². The fraction of sp³-hybridized carbons (Fsp3) is 0.611. The van der Waals surface area contributed by atoms with Gasteiger partial charge in [-0.3, -0.25) is 9.89 Å². The summed E-state index contributed by atoms with van der Waals surface area (Å²) in [5.41, 5.74) is -0.0788. The van der Waals surface area contributed by atoms with Gasteiger partial charge in [0.05, 0.1) is 12.2 Å². The summed E-state index contributed by atoms with van der Waals surface area (Å²) in [6, 6.07) is 5.73. The molecule has 0 radical (unpaired) electrons. The highest BCUT2D eigenvalue weighted by molar-refractivity contribution is 14.0. The van der Waals surface area contributed by atoms with Crippen LogP contribution in [0.1, 0.15) is 24.0 Å². The van der Waals surface area contributed by atoms with Crippen LogP contribution < -0.4 is 10.6 Å². The van der Waals surface area contributed by atoms with Gasteiger partial charge in [0.25, 0.3) is 0 Å². The maximum Gasteiger partial charge on any atom is 0.416 e. The van der Waals surface area contributed by atoms with E-state index in [0.717, 1.165) is 44.6 Å². The zero-order valence-electron chi connectivity index (χ0n) is 15.7. The maximum absolute atomic E-state index is 12.8. The number of methoxy groups -OCH3 is 1. The molecule has 0 aromatic heterocycles. The largest absolute Gasteiger partial charge is 0.416 e.